The van der Waals surface area contributed by atoms with Crippen LogP contribution in [0.5, 0.6) is 0 Å². The van der Waals surface area contributed by atoms with Crippen LogP contribution in [0.15, 0.2) is 48.5 Å². The maximum absolute atomic E-state index is 12.3. The molecule has 9 nitrogen and oxygen atoms in total. The van der Waals surface area contributed by atoms with Crippen LogP contribution >= 0.6 is 11.3 Å². The number of hydrogen-bond acceptors (Lipinski definition) is 7. The summed E-state index contributed by atoms with van der Waals surface area (Å²) in [5.41, 5.74) is 2.09. The molecule has 1 heterocycles. The van der Waals surface area contributed by atoms with Gasteiger partial charge >= 0.3 is 0 Å². The number of carbonyl (C=O) groups is 2. The van der Waals surface area contributed by atoms with Crippen molar-refractivity contribution < 1.29 is 14.5 Å². The molecule has 148 valence electrons. The van der Waals surface area contributed by atoms with Crippen LogP contribution in [0, 0.1) is 17.0 Å². The van der Waals surface area contributed by atoms with Crippen molar-refractivity contribution in [2.45, 2.75) is 19.9 Å². The Balaban J connectivity index is 1.60. The first-order chi connectivity index (χ1) is 13.8. The first-order valence-corrected chi connectivity index (χ1v) is 9.42. The number of carbonyl (C=O) groups excluding carboxylic acids is 2. The molecule has 10 heteroatoms. The van der Waals surface area contributed by atoms with E-state index in [0.29, 0.717) is 10.1 Å². The smallest absolute Gasteiger partial charge is 0.269 e. The van der Waals surface area contributed by atoms with Crippen LogP contribution < -0.4 is 10.6 Å². The first-order valence-electron chi connectivity index (χ1n) is 8.60. The highest BCUT2D eigenvalue weighted by molar-refractivity contribution is 7.18. The number of nitro groups is 1. The number of nitrogens with zero attached hydrogens (tertiary/aromatic N) is 3. The molecule has 29 heavy (non-hydrogen) atoms. The van der Waals surface area contributed by atoms with E-state index in [0.717, 1.165) is 11.1 Å². The van der Waals surface area contributed by atoms with Gasteiger partial charge < -0.3 is 5.32 Å². The standard InChI is InChI=1S/C19H17N5O4S/c1-11-4-3-5-14(10-11)18-22-23-19(29-18)21-16(25)12(2)20-17(26)13-6-8-15(9-7-13)24(27)28/h3-10,12H,1-2H3,(H,20,26)(H,21,23,25)/t12-/m0/s1. The second-order valence-corrected chi connectivity index (χ2v) is 7.25. The lowest BCUT2D eigenvalue weighted by atomic mass is 10.1. The molecule has 1 atom stereocenters. The summed E-state index contributed by atoms with van der Waals surface area (Å²) in [5.74, 6) is -0.965. The fourth-order valence-electron chi connectivity index (χ4n) is 2.46. The minimum atomic E-state index is -0.844. The quantitative estimate of drug-likeness (QED) is 0.474. The summed E-state index contributed by atoms with van der Waals surface area (Å²) in [6.45, 7) is 3.50. The van der Waals surface area contributed by atoms with Crippen molar-refractivity contribution in [1.29, 1.82) is 0 Å². The van der Waals surface area contributed by atoms with E-state index >= 15 is 0 Å². The Morgan fingerprint density at radius 3 is 2.52 bits per heavy atom. The zero-order valence-corrected chi connectivity index (χ0v) is 16.4. The summed E-state index contributed by atoms with van der Waals surface area (Å²) >= 11 is 1.23. The van der Waals surface area contributed by atoms with Gasteiger partial charge in [0, 0.05) is 23.3 Å². The Hall–Kier alpha value is -3.66. The van der Waals surface area contributed by atoms with E-state index < -0.39 is 22.8 Å². The normalized spacial score (nSPS) is 11.5. The summed E-state index contributed by atoms with van der Waals surface area (Å²) in [5, 5.41) is 24.9. The number of non-ortho nitro benzene ring substituents is 1. The lowest BCUT2D eigenvalue weighted by molar-refractivity contribution is -0.384. The average molecular weight is 411 g/mol. The Bertz CT molecular complexity index is 1060. The van der Waals surface area contributed by atoms with Gasteiger partial charge in [0.1, 0.15) is 11.0 Å². The fraction of sp³-hybridized carbons (Fsp3) is 0.158. The molecule has 1 aromatic heterocycles. The third kappa shape index (κ3) is 4.99. The predicted molar refractivity (Wildman–Crippen MR) is 109 cm³/mol. The molecule has 0 fully saturated rings. The van der Waals surface area contributed by atoms with Gasteiger partial charge in [-0.3, -0.25) is 25.0 Å². The van der Waals surface area contributed by atoms with Gasteiger partial charge in [0.2, 0.25) is 11.0 Å². The third-order valence-corrected chi connectivity index (χ3v) is 4.89. The van der Waals surface area contributed by atoms with Crippen LogP contribution in [0.4, 0.5) is 10.8 Å². The molecule has 3 rings (SSSR count). The Labute approximate surface area is 169 Å². The lowest BCUT2D eigenvalue weighted by Crippen LogP contribution is -2.41. The summed E-state index contributed by atoms with van der Waals surface area (Å²) in [6, 6.07) is 12.0. The maximum Gasteiger partial charge on any atom is 0.269 e. The molecular formula is C19H17N5O4S. The number of aromatic nitrogens is 2. The van der Waals surface area contributed by atoms with Gasteiger partial charge in [0.05, 0.1) is 4.92 Å². The summed E-state index contributed by atoms with van der Waals surface area (Å²) in [7, 11) is 0. The van der Waals surface area contributed by atoms with E-state index in [-0.39, 0.29) is 11.3 Å². The van der Waals surface area contributed by atoms with Gasteiger partial charge in [-0.25, -0.2) is 0 Å². The molecule has 0 aliphatic carbocycles. The van der Waals surface area contributed by atoms with E-state index in [4.69, 9.17) is 0 Å². The van der Waals surface area contributed by atoms with Crippen LogP contribution in [-0.2, 0) is 4.79 Å². The number of nitrogens with one attached hydrogen (secondary N) is 2. The van der Waals surface area contributed by atoms with E-state index in [9.17, 15) is 19.7 Å². The van der Waals surface area contributed by atoms with Crippen molar-refractivity contribution in [3.63, 3.8) is 0 Å². The predicted octanol–water partition coefficient (Wildman–Crippen LogP) is 3.18. The van der Waals surface area contributed by atoms with Gasteiger partial charge in [-0.05, 0) is 32.0 Å². The Kier molecular flexibility index (Phi) is 5.93. The molecule has 0 aliphatic heterocycles. The highest BCUT2D eigenvalue weighted by Gasteiger charge is 2.19. The third-order valence-electron chi connectivity index (χ3n) is 4.00. The van der Waals surface area contributed by atoms with Gasteiger partial charge in [0.25, 0.3) is 11.6 Å². The van der Waals surface area contributed by atoms with Gasteiger partial charge in [-0.15, -0.1) is 10.2 Å². The van der Waals surface area contributed by atoms with E-state index in [1.54, 1.807) is 0 Å². The number of rotatable bonds is 6. The number of nitro benzene ring substituents is 1. The molecule has 2 amide bonds. The van der Waals surface area contributed by atoms with Crippen LogP contribution in [0.2, 0.25) is 0 Å². The molecule has 0 spiro atoms. The molecule has 0 bridgehead atoms. The molecule has 2 N–H and O–H groups in total. The number of aryl methyl sites for hydroxylation is 1. The maximum atomic E-state index is 12.3. The monoisotopic (exact) mass is 411 g/mol. The molecule has 0 saturated heterocycles. The average Bonchev–Trinajstić information content (AvgIpc) is 3.16. The van der Waals surface area contributed by atoms with Crippen molar-refractivity contribution in [2.24, 2.45) is 0 Å². The summed E-state index contributed by atoms with van der Waals surface area (Å²) in [4.78, 5) is 34.7. The molecule has 2 aromatic carbocycles. The van der Waals surface area contributed by atoms with E-state index in [1.807, 2.05) is 31.2 Å². The highest BCUT2D eigenvalue weighted by atomic mass is 32.1. The van der Waals surface area contributed by atoms with E-state index in [1.165, 1.54) is 42.5 Å². The highest BCUT2D eigenvalue weighted by Crippen LogP contribution is 2.26. The minimum absolute atomic E-state index is 0.118. The number of anilines is 1. The second-order valence-electron chi connectivity index (χ2n) is 6.27. The molecule has 0 radical (unpaired) electrons. The van der Waals surface area contributed by atoms with Crippen molar-refractivity contribution in [3.8, 4) is 10.6 Å². The van der Waals surface area contributed by atoms with Crippen molar-refractivity contribution >= 4 is 34.0 Å². The zero-order chi connectivity index (χ0) is 21.0. The van der Waals surface area contributed by atoms with Crippen molar-refractivity contribution in [2.75, 3.05) is 5.32 Å². The minimum Gasteiger partial charge on any atom is -0.341 e. The fourth-order valence-corrected chi connectivity index (χ4v) is 3.21. The topological polar surface area (TPSA) is 127 Å². The summed E-state index contributed by atoms with van der Waals surface area (Å²) < 4.78 is 0. The Morgan fingerprint density at radius 1 is 1.14 bits per heavy atom. The lowest BCUT2D eigenvalue weighted by Gasteiger charge is -2.12. The van der Waals surface area contributed by atoms with Gasteiger partial charge in [0.15, 0.2) is 0 Å². The van der Waals surface area contributed by atoms with Crippen molar-refractivity contribution in [1.82, 2.24) is 15.5 Å². The molecule has 0 unspecified atom stereocenters. The van der Waals surface area contributed by atoms with Gasteiger partial charge in [-0.1, -0.05) is 35.1 Å². The molecule has 3 aromatic rings. The van der Waals surface area contributed by atoms with Gasteiger partial charge in [-0.2, -0.15) is 0 Å². The molecule has 0 saturated carbocycles. The van der Waals surface area contributed by atoms with Crippen molar-refractivity contribution in [3.05, 3.63) is 69.8 Å². The van der Waals surface area contributed by atoms with Crippen LogP contribution in [-0.4, -0.2) is 33.0 Å². The summed E-state index contributed by atoms with van der Waals surface area (Å²) in [6.07, 6.45) is 0. The van der Waals surface area contributed by atoms with Crippen LogP contribution in [0.1, 0.15) is 22.8 Å². The molecule has 0 aliphatic rings. The number of amides is 2. The van der Waals surface area contributed by atoms with Crippen LogP contribution in [0.3, 0.4) is 0 Å². The molecular weight excluding hydrogens is 394 g/mol. The Morgan fingerprint density at radius 2 is 1.86 bits per heavy atom. The number of hydrogen-bond donors (Lipinski definition) is 2. The SMILES string of the molecule is Cc1cccc(-c2nnc(NC(=O)[C@H](C)NC(=O)c3ccc([N+](=O)[O-])cc3)s2)c1. The largest absolute Gasteiger partial charge is 0.341 e. The zero-order valence-electron chi connectivity index (χ0n) is 15.6. The number of benzene rings is 2. The first kappa shape index (κ1) is 20.1. The second kappa shape index (κ2) is 8.57. The van der Waals surface area contributed by atoms with E-state index in [2.05, 4.69) is 20.8 Å². The van der Waals surface area contributed by atoms with Crippen LogP contribution in [0.25, 0.3) is 10.6 Å².